The van der Waals surface area contributed by atoms with Crippen LogP contribution in [-0.2, 0) is 16.1 Å². The van der Waals surface area contributed by atoms with Gasteiger partial charge >= 0.3 is 5.97 Å². The molecule has 1 heterocycles. The van der Waals surface area contributed by atoms with Crippen molar-refractivity contribution in [2.45, 2.75) is 65.2 Å². The van der Waals surface area contributed by atoms with Crippen LogP contribution >= 0.6 is 0 Å². The summed E-state index contributed by atoms with van der Waals surface area (Å²) in [4.78, 5) is 11.6. The minimum Gasteiger partial charge on any atom is -0.490 e. The fourth-order valence-corrected chi connectivity index (χ4v) is 4.85. The fraction of sp³-hybridized carbons (Fsp3) is 0.414. The van der Waals surface area contributed by atoms with Crippen LogP contribution in [0, 0.1) is 11.8 Å². The van der Waals surface area contributed by atoms with E-state index in [0.717, 1.165) is 31.6 Å². The molecule has 1 aliphatic carbocycles. The number of rotatable bonds is 9. The molecule has 1 fully saturated rings. The summed E-state index contributed by atoms with van der Waals surface area (Å²) in [6, 6.07) is 19.3. The van der Waals surface area contributed by atoms with E-state index in [0.29, 0.717) is 5.92 Å². The van der Waals surface area contributed by atoms with Gasteiger partial charge < -0.3 is 14.0 Å². The molecule has 1 aromatic heterocycles. The highest BCUT2D eigenvalue weighted by atomic mass is 16.5. The first kappa shape index (κ1) is 23.2. The maximum atomic E-state index is 11.6. The zero-order chi connectivity index (χ0) is 23.4. The van der Waals surface area contributed by atoms with Crippen LogP contribution in [0.5, 0.6) is 5.75 Å². The number of hydrogen-bond donors (Lipinski definition) is 0. The Morgan fingerprint density at radius 2 is 1.88 bits per heavy atom. The van der Waals surface area contributed by atoms with Gasteiger partial charge in [-0.1, -0.05) is 57.7 Å². The number of fused-ring (bicyclic) bond motifs is 1. The van der Waals surface area contributed by atoms with Crippen LogP contribution < -0.4 is 4.74 Å². The lowest BCUT2D eigenvalue weighted by atomic mass is 10.1. The summed E-state index contributed by atoms with van der Waals surface area (Å²) < 4.78 is 14.4. The van der Waals surface area contributed by atoms with Crippen molar-refractivity contribution in [1.29, 1.82) is 0 Å². The first-order valence-corrected chi connectivity index (χ1v) is 12.1. The van der Waals surface area contributed by atoms with Crippen molar-refractivity contribution in [3.05, 3.63) is 67.3 Å². The number of aromatic nitrogens is 1. The zero-order valence-electron chi connectivity index (χ0n) is 20.0. The Kier molecular flexibility index (Phi) is 7.22. The molecule has 4 rings (SSSR count). The molecule has 0 radical (unpaired) electrons. The molecular formula is C29H35NO3. The highest BCUT2D eigenvalue weighted by Crippen LogP contribution is 2.35. The molecule has 3 aromatic rings. The lowest BCUT2D eigenvalue weighted by Gasteiger charge is -2.22. The van der Waals surface area contributed by atoms with Gasteiger partial charge in [0.2, 0.25) is 0 Å². The summed E-state index contributed by atoms with van der Waals surface area (Å²) in [5.74, 6) is 1.35. The molecule has 0 bridgehead atoms. The third kappa shape index (κ3) is 5.32. The lowest BCUT2D eigenvalue weighted by Crippen LogP contribution is -2.27. The second-order valence-corrected chi connectivity index (χ2v) is 9.58. The van der Waals surface area contributed by atoms with E-state index in [-0.39, 0.29) is 24.1 Å². The van der Waals surface area contributed by atoms with Crippen LogP contribution in [0.25, 0.3) is 22.2 Å². The van der Waals surface area contributed by atoms with Gasteiger partial charge in [-0.25, -0.2) is 4.79 Å². The molecule has 33 heavy (non-hydrogen) atoms. The Morgan fingerprint density at radius 1 is 1.12 bits per heavy atom. The van der Waals surface area contributed by atoms with Gasteiger partial charge in [-0.2, -0.15) is 0 Å². The SMILES string of the molecule is C=CC(=O)OC1CCC(Oc2ccc3cc(-c4ccccc4)n(CCCC(C)C)c3c2)C1C. The summed E-state index contributed by atoms with van der Waals surface area (Å²) in [6.45, 7) is 11.1. The van der Waals surface area contributed by atoms with Crippen LogP contribution in [0.4, 0.5) is 0 Å². The van der Waals surface area contributed by atoms with Crippen LogP contribution in [0.3, 0.4) is 0 Å². The second-order valence-electron chi connectivity index (χ2n) is 9.58. The molecule has 0 amide bonds. The van der Waals surface area contributed by atoms with E-state index < -0.39 is 0 Å². The third-order valence-electron chi connectivity index (χ3n) is 6.74. The van der Waals surface area contributed by atoms with Crippen molar-refractivity contribution in [2.75, 3.05) is 0 Å². The highest BCUT2D eigenvalue weighted by molar-refractivity contribution is 5.88. The van der Waals surface area contributed by atoms with Crippen molar-refractivity contribution in [3.8, 4) is 17.0 Å². The van der Waals surface area contributed by atoms with Gasteiger partial charge in [0, 0.05) is 35.7 Å². The topological polar surface area (TPSA) is 40.5 Å². The van der Waals surface area contributed by atoms with Gasteiger partial charge in [0.05, 0.1) is 5.52 Å². The summed E-state index contributed by atoms with van der Waals surface area (Å²) in [5, 5.41) is 1.23. The molecule has 0 saturated heterocycles. The molecule has 4 nitrogen and oxygen atoms in total. The highest BCUT2D eigenvalue weighted by Gasteiger charge is 2.36. The molecule has 4 heteroatoms. The Balaban J connectivity index is 1.59. The molecule has 2 aromatic carbocycles. The molecule has 3 atom stereocenters. The Hall–Kier alpha value is -3.01. The first-order valence-electron chi connectivity index (χ1n) is 12.1. The lowest BCUT2D eigenvalue weighted by molar-refractivity contribution is -0.144. The van der Waals surface area contributed by atoms with E-state index in [4.69, 9.17) is 9.47 Å². The Bertz CT molecular complexity index is 1100. The third-order valence-corrected chi connectivity index (χ3v) is 6.74. The normalized spacial score (nSPS) is 20.3. The molecule has 0 N–H and O–H groups in total. The van der Waals surface area contributed by atoms with Crippen molar-refractivity contribution in [1.82, 2.24) is 4.57 Å². The number of esters is 1. The number of carbonyl (C=O) groups is 1. The van der Waals surface area contributed by atoms with Crippen LogP contribution in [0.15, 0.2) is 67.3 Å². The fourth-order valence-electron chi connectivity index (χ4n) is 4.85. The summed E-state index contributed by atoms with van der Waals surface area (Å²) >= 11 is 0. The van der Waals surface area contributed by atoms with Crippen molar-refractivity contribution in [3.63, 3.8) is 0 Å². The van der Waals surface area contributed by atoms with E-state index in [9.17, 15) is 4.79 Å². The number of aryl methyl sites for hydroxylation is 1. The number of ether oxygens (including phenoxy) is 2. The molecule has 0 aliphatic heterocycles. The van der Waals surface area contributed by atoms with E-state index in [1.54, 1.807) is 0 Å². The standard InChI is InChI=1S/C29H35NO3/c1-5-29(31)33-28-16-15-27(21(28)4)32-24-14-13-23-18-25(22-11-7-6-8-12-22)30(26(23)19-24)17-9-10-20(2)3/h5-8,11-14,18-21,27-28H,1,9-10,15-17H2,2-4H3. The van der Waals surface area contributed by atoms with Crippen LogP contribution in [-0.4, -0.2) is 22.7 Å². The summed E-state index contributed by atoms with van der Waals surface area (Å²) in [7, 11) is 0. The van der Waals surface area contributed by atoms with Gasteiger partial charge in [0.15, 0.2) is 0 Å². The van der Waals surface area contributed by atoms with Crippen molar-refractivity contribution in [2.24, 2.45) is 11.8 Å². The quantitative estimate of drug-likeness (QED) is 0.262. The number of hydrogen-bond acceptors (Lipinski definition) is 3. The van der Waals surface area contributed by atoms with Gasteiger partial charge in [0.1, 0.15) is 18.0 Å². The Labute approximate surface area is 197 Å². The molecule has 3 unspecified atom stereocenters. The smallest absolute Gasteiger partial charge is 0.330 e. The monoisotopic (exact) mass is 445 g/mol. The van der Waals surface area contributed by atoms with E-state index in [1.807, 2.05) is 0 Å². The maximum absolute atomic E-state index is 11.6. The van der Waals surface area contributed by atoms with E-state index >= 15 is 0 Å². The maximum Gasteiger partial charge on any atom is 0.330 e. The number of benzene rings is 2. The van der Waals surface area contributed by atoms with Crippen molar-refractivity contribution < 1.29 is 14.3 Å². The van der Waals surface area contributed by atoms with Gasteiger partial charge in [-0.15, -0.1) is 0 Å². The largest absolute Gasteiger partial charge is 0.490 e. The van der Waals surface area contributed by atoms with Crippen LogP contribution in [0.2, 0.25) is 0 Å². The summed E-state index contributed by atoms with van der Waals surface area (Å²) in [5.41, 5.74) is 3.68. The van der Waals surface area contributed by atoms with E-state index in [1.165, 1.54) is 34.7 Å². The molecule has 0 spiro atoms. The van der Waals surface area contributed by atoms with Gasteiger partial charge in [0.25, 0.3) is 0 Å². The van der Waals surface area contributed by atoms with Crippen molar-refractivity contribution >= 4 is 16.9 Å². The molecule has 1 saturated carbocycles. The van der Waals surface area contributed by atoms with Gasteiger partial charge in [-0.05, 0) is 55.4 Å². The first-order chi connectivity index (χ1) is 16.0. The number of carbonyl (C=O) groups excluding carboxylic acids is 1. The van der Waals surface area contributed by atoms with E-state index in [2.05, 4.69) is 86.5 Å². The molecule has 1 aliphatic rings. The van der Waals surface area contributed by atoms with Gasteiger partial charge in [-0.3, -0.25) is 0 Å². The minimum atomic E-state index is -0.360. The number of nitrogens with zero attached hydrogens (tertiary/aromatic N) is 1. The second kappa shape index (κ2) is 10.3. The van der Waals surface area contributed by atoms with Crippen LogP contribution in [0.1, 0.15) is 46.5 Å². The molecular weight excluding hydrogens is 410 g/mol. The predicted molar refractivity (Wildman–Crippen MR) is 134 cm³/mol. The average Bonchev–Trinajstić information content (AvgIpc) is 3.34. The zero-order valence-corrected chi connectivity index (χ0v) is 20.0. The molecule has 174 valence electrons. The Morgan fingerprint density at radius 3 is 2.61 bits per heavy atom. The predicted octanol–water partition coefficient (Wildman–Crippen LogP) is 7.02. The average molecular weight is 446 g/mol. The minimum absolute atomic E-state index is 0.0306. The summed E-state index contributed by atoms with van der Waals surface area (Å²) in [6.07, 6.45) is 5.18.